The van der Waals surface area contributed by atoms with Gasteiger partial charge in [-0.1, -0.05) is 61.4 Å². The van der Waals surface area contributed by atoms with Crippen molar-refractivity contribution in [2.75, 3.05) is 37.6 Å². The average molecular weight is 349 g/mol. The van der Waals surface area contributed by atoms with Gasteiger partial charge in [0.15, 0.2) is 0 Å². The lowest BCUT2D eigenvalue weighted by molar-refractivity contribution is 0.215. The first-order chi connectivity index (χ1) is 12.9. The molecule has 2 atom stereocenters. The summed E-state index contributed by atoms with van der Waals surface area (Å²) in [5.74, 6) is 1.71. The Morgan fingerprint density at radius 1 is 0.769 bits per heavy atom. The molecule has 0 aromatic heterocycles. The zero-order chi connectivity index (χ0) is 17.6. The Morgan fingerprint density at radius 2 is 1.46 bits per heavy atom. The van der Waals surface area contributed by atoms with Gasteiger partial charge in [0, 0.05) is 31.9 Å². The molecule has 2 fully saturated rings. The maximum atomic E-state index is 2.69. The number of rotatable bonds is 5. The molecule has 0 amide bonds. The maximum absolute atomic E-state index is 2.69. The van der Waals surface area contributed by atoms with Crippen LogP contribution in [0, 0.1) is 5.92 Å². The minimum atomic E-state index is 0.796. The zero-order valence-electron chi connectivity index (χ0n) is 15.9. The number of benzene rings is 2. The van der Waals surface area contributed by atoms with Crippen LogP contribution in [0.1, 0.15) is 43.6 Å². The predicted molar refractivity (Wildman–Crippen MR) is 111 cm³/mol. The second-order valence-electron chi connectivity index (χ2n) is 8.09. The molecule has 1 saturated heterocycles. The number of anilines is 1. The first-order valence-electron chi connectivity index (χ1n) is 10.5. The normalized spacial score (nSPS) is 24.5. The molecule has 2 aromatic carbocycles. The second kappa shape index (κ2) is 8.73. The van der Waals surface area contributed by atoms with E-state index in [4.69, 9.17) is 0 Å². The topological polar surface area (TPSA) is 6.48 Å². The van der Waals surface area contributed by atoms with Gasteiger partial charge in [-0.2, -0.15) is 0 Å². The van der Waals surface area contributed by atoms with Crippen LogP contribution >= 0.6 is 0 Å². The van der Waals surface area contributed by atoms with Crippen LogP contribution in [-0.4, -0.2) is 37.6 Å². The SMILES string of the molecule is c1ccc([C@H]2CCC[C@@H](CCN3CCN(c4ccccc4)CC3)C2)cc1. The Labute approximate surface area is 158 Å². The highest BCUT2D eigenvalue weighted by molar-refractivity contribution is 5.46. The number of piperazine rings is 1. The lowest BCUT2D eigenvalue weighted by Gasteiger charge is -2.37. The fraction of sp³-hybridized carbons (Fsp3) is 0.500. The fourth-order valence-corrected chi connectivity index (χ4v) is 4.81. The van der Waals surface area contributed by atoms with Crippen molar-refractivity contribution in [2.24, 2.45) is 5.92 Å². The van der Waals surface area contributed by atoms with Crippen LogP contribution in [0.5, 0.6) is 0 Å². The van der Waals surface area contributed by atoms with Crippen molar-refractivity contribution in [3.05, 3.63) is 66.2 Å². The van der Waals surface area contributed by atoms with E-state index < -0.39 is 0 Å². The van der Waals surface area contributed by atoms with Gasteiger partial charge in [0.05, 0.1) is 0 Å². The molecular formula is C24H32N2. The highest BCUT2D eigenvalue weighted by atomic mass is 15.3. The summed E-state index contributed by atoms with van der Waals surface area (Å²) in [5, 5.41) is 0. The Kier molecular flexibility index (Phi) is 5.91. The monoisotopic (exact) mass is 348 g/mol. The van der Waals surface area contributed by atoms with Gasteiger partial charge in [0.1, 0.15) is 0 Å². The van der Waals surface area contributed by atoms with E-state index in [0.29, 0.717) is 0 Å². The third-order valence-corrected chi connectivity index (χ3v) is 6.40. The zero-order valence-corrected chi connectivity index (χ0v) is 15.9. The molecule has 2 aliphatic rings. The molecule has 2 heteroatoms. The fourth-order valence-electron chi connectivity index (χ4n) is 4.81. The summed E-state index contributed by atoms with van der Waals surface area (Å²) in [4.78, 5) is 5.22. The molecule has 0 unspecified atom stereocenters. The van der Waals surface area contributed by atoms with Crippen molar-refractivity contribution >= 4 is 5.69 Å². The summed E-state index contributed by atoms with van der Waals surface area (Å²) < 4.78 is 0. The van der Waals surface area contributed by atoms with E-state index in [1.807, 2.05) is 0 Å². The van der Waals surface area contributed by atoms with Crippen LogP contribution in [0.2, 0.25) is 0 Å². The van der Waals surface area contributed by atoms with E-state index in [-0.39, 0.29) is 0 Å². The molecule has 0 radical (unpaired) electrons. The largest absolute Gasteiger partial charge is 0.369 e. The molecule has 0 N–H and O–H groups in total. The first kappa shape index (κ1) is 17.6. The van der Waals surface area contributed by atoms with Crippen molar-refractivity contribution in [2.45, 2.75) is 38.0 Å². The third-order valence-electron chi connectivity index (χ3n) is 6.40. The van der Waals surface area contributed by atoms with Crippen LogP contribution in [0.15, 0.2) is 60.7 Å². The van der Waals surface area contributed by atoms with Crippen molar-refractivity contribution in [3.8, 4) is 0 Å². The average Bonchev–Trinajstić information content (AvgIpc) is 2.74. The number of hydrogen-bond acceptors (Lipinski definition) is 2. The molecule has 0 bridgehead atoms. The Bertz CT molecular complexity index is 646. The molecule has 2 aromatic rings. The van der Waals surface area contributed by atoms with Crippen LogP contribution in [0.3, 0.4) is 0 Å². The summed E-state index contributed by atoms with van der Waals surface area (Å²) >= 11 is 0. The van der Waals surface area contributed by atoms with Gasteiger partial charge in [0.2, 0.25) is 0 Å². The van der Waals surface area contributed by atoms with Gasteiger partial charge >= 0.3 is 0 Å². The number of nitrogens with zero attached hydrogens (tertiary/aromatic N) is 2. The van der Waals surface area contributed by atoms with E-state index in [2.05, 4.69) is 70.5 Å². The summed E-state index contributed by atoms with van der Waals surface area (Å²) in [6.45, 7) is 6.05. The predicted octanol–water partition coefficient (Wildman–Crippen LogP) is 5.17. The van der Waals surface area contributed by atoms with Crippen molar-refractivity contribution in [1.82, 2.24) is 4.90 Å². The first-order valence-corrected chi connectivity index (χ1v) is 10.5. The van der Waals surface area contributed by atoms with E-state index >= 15 is 0 Å². The van der Waals surface area contributed by atoms with Crippen LogP contribution in [-0.2, 0) is 0 Å². The minimum Gasteiger partial charge on any atom is -0.369 e. The van der Waals surface area contributed by atoms with E-state index in [1.165, 1.54) is 70.5 Å². The van der Waals surface area contributed by atoms with E-state index in [9.17, 15) is 0 Å². The van der Waals surface area contributed by atoms with Gasteiger partial charge < -0.3 is 4.90 Å². The van der Waals surface area contributed by atoms with Gasteiger partial charge in [-0.25, -0.2) is 0 Å². The molecule has 1 aliphatic carbocycles. The second-order valence-corrected chi connectivity index (χ2v) is 8.09. The lowest BCUT2D eigenvalue weighted by atomic mass is 9.77. The van der Waals surface area contributed by atoms with Gasteiger partial charge in [-0.3, -0.25) is 4.90 Å². The summed E-state index contributed by atoms with van der Waals surface area (Å²) in [6, 6.07) is 22.1. The summed E-state index contributed by atoms with van der Waals surface area (Å²) in [7, 11) is 0. The van der Waals surface area contributed by atoms with Gasteiger partial charge in [-0.05, 0) is 55.3 Å². The maximum Gasteiger partial charge on any atom is 0.0367 e. The molecule has 138 valence electrons. The molecule has 1 aliphatic heterocycles. The quantitative estimate of drug-likeness (QED) is 0.735. The van der Waals surface area contributed by atoms with Crippen molar-refractivity contribution < 1.29 is 0 Å². The molecule has 4 rings (SSSR count). The minimum absolute atomic E-state index is 0.796. The number of hydrogen-bond donors (Lipinski definition) is 0. The van der Waals surface area contributed by atoms with Crippen LogP contribution in [0.4, 0.5) is 5.69 Å². The summed E-state index contributed by atoms with van der Waals surface area (Å²) in [6.07, 6.45) is 7.01. The van der Waals surface area contributed by atoms with Crippen LogP contribution in [0.25, 0.3) is 0 Å². The molecular weight excluding hydrogens is 316 g/mol. The Morgan fingerprint density at radius 3 is 2.19 bits per heavy atom. The van der Waals surface area contributed by atoms with Gasteiger partial charge in [0.25, 0.3) is 0 Å². The highest BCUT2D eigenvalue weighted by Gasteiger charge is 2.24. The molecule has 1 heterocycles. The van der Waals surface area contributed by atoms with E-state index in [0.717, 1.165) is 11.8 Å². The number of para-hydroxylation sites is 1. The molecule has 2 nitrogen and oxygen atoms in total. The molecule has 26 heavy (non-hydrogen) atoms. The smallest absolute Gasteiger partial charge is 0.0367 e. The Balaban J connectivity index is 1.22. The molecule has 1 saturated carbocycles. The third kappa shape index (κ3) is 4.48. The van der Waals surface area contributed by atoms with Gasteiger partial charge in [-0.15, -0.1) is 0 Å². The van der Waals surface area contributed by atoms with Crippen molar-refractivity contribution in [3.63, 3.8) is 0 Å². The Hall–Kier alpha value is -1.80. The lowest BCUT2D eigenvalue weighted by Crippen LogP contribution is -2.46. The molecule has 0 spiro atoms. The van der Waals surface area contributed by atoms with Crippen LogP contribution < -0.4 is 4.90 Å². The van der Waals surface area contributed by atoms with E-state index in [1.54, 1.807) is 5.56 Å². The highest BCUT2D eigenvalue weighted by Crippen LogP contribution is 2.37. The summed E-state index contributed by atoms with van der Waals surface area (Å²) in [5.41, 5.74) is 2.94. The standard InChI is InChI=1S/C24H32N2/c1-3-9-22(10-4-1)23-11-7-8-21(20-23)14-15-25-16-18-26(19-17-25)24-12-5-2-6-13-24/h1-6,9-10,12-13,21,23H,7-8,11,14-20H2/t21-,23-/m0/s1. The van der Waals surface area contributed by atoms with Crippen molar-refractivity contribution in [1.29, 1.82) is 0 Å².